The molecule has 1 heterocycles. The van der Waals surface area contributed by atoms with Crippen LogP contribution in [0.5, 0.6) is 0 Å². The van der Waals surface area contributed by atoms with E-state index in [1.165, 1.54) is 5.56 Å². The van der Waals surface area contributed by atoms with Crippen molar-refractivity contribution in [2.45, 2.75) is 12.8 Å². The average Bonchev–Trinajstić information content (AvgIpc) is 2.29. The van der Waals surface area contributed by atoms with E-state index in [1.54, 1.807) is 0 Å². The van der Waals surface area contributed by atoms with Gasteiger partial charge in [0.2, 0.25) is 0 Å². The Bertz CT molecular complexity index is 349. The number of nitrogens with one attached hydrogen (secondary N) is 1. The first kappa shape index (κ1) is 8.97. The van der Waals surface area contributed by atoms with Gasteiger partial charge in [-0.25, -0.2) is 0 Å². The maximum absolute atomic E-state index is 5.91. The van der Waals surface area contributed by atoms with Crippen molar-refractivity contribution < 1.29 is 0 Å². The van der Waals surface area contributed by atoms with Crippen LogP contribution in [0.15, 0.2) is 18.2 Å². The van der Waals surface area contributed by atoms with E-state index < -0.39 is 0 Å². The average molecular weight is 212 g/mol. The predicted molar refractivity (Wildman–Crippen MR) is 59.5 cm³/mol. The van der Waals surface area contributed by atoms with Crippen LogP contribution in [0.2, 0.25) is 5.02 Å². The van der Waals surface area contributed by atoms with Crippen molar-refractivity contribution in [1.29, 1.82) is 0 Å². The number of hydrogen-bond acceptors (Lipinski definition) is 1. The summed E-state index contributed by atoms with van der Waals surface area (Å²) in [6.07, 6.45) is 2.22. The Morgan fingerprint density at radius 3 is 3.08 bits per heavy atom. The van der Waals surface area contributed by atoms with Gasteiger partial charge in [0.1, 0.15) is 4.99 Å². The van der Waals surface area contributed by atoms with Crippen molar-refractivity contribution in [2.24, 2.45) is 0 Å². The topological polar surface area (TPSA) is 12.0 Å². The van der Waals surface area contributed by atoms with Crippen LogP contribution in [-0.2, 0) is 6.42 Å². The van der Waals surface area contributed by atoms with Crippen molar-refractivity contribution in [2.75, 3.05) is 6.54 Å². The minimum absolute atomic E-state index is 0.754. The Morgan fingerprint density at radius 1 is 1.38 bits per heavy atom. The van der Waals surface area contributed by atoms with Crippen LogP contribution >= 0.6 is 23.8 Å². The number of benzene rings is 1. The lowest BCUT2D eigenvalue weighted by Crippen LogP contribution is -2.21. The Balaban J connectivity index is 2.49. The fraction of sp³-hybridized carbons (Fsp3) is 0.300. The van der Waals surface area contributed by atoms with Crippen LogP contribution in [0.4, 0.5) is 0 Å². The van der Waals surface area contributed by atoms with Gasteiger partial charge in [-0.15, -0.1) is 0 Å². The molecule has 1 aliphatic heterocycles. The molecule has 0 spiro atoms. The van der Waals surface area contributed by atoms with Gasteiger partial charge in [-0.05, 0) is 30.5 Å². The van der Waals surface area contributed by atoms with E-state index in [0.717, 1.165) is 35.0 Å². The van der Waals surface area contributed by atoms with Crippen molar-refractivity contribution in [1.82, 2.24) is 5.32 Å². The van der Waals surface area contributed by atoms with Gasteiger partial charge in [0.15, 0.2) is 0 Å². The lowest BCUT2D eigenvalue weighted by atomic mass is 10.0. The summed E-state index contributed by atoms with van der Waals surface area (Å²) in [6, 6.07) is 5.93. The SMILES string of the molecule is S=C1NCCCc2ccc(Cl)cc21. The summed E-state index contributed by atoms with van der Waals surface area (Å²) in [5.41, 5.74) is 2.40. The number of thiocarbonyl (C=S) groups is 1. The lowest BCUT2D eigenvalue weighted by Gasteiger charge is -2.06. The molecule has 1 aromatic carbocycles. The monoisotopic (exact) mass is 211 g/mol. The van der Waals surface area contributed by atoms with Gasteiger partial charge in [0.25, 0.3) is 0 Å². The van der Waals surface area contributed by atoms with Crippen molar-refractivity contribution >= 4 is 28.8 Å². The van der Waals surface area contributed by atoms with Gasteiger partial charge in [0.05, 0.1) is 0 Å². The summed E-state index contributed by atoms with van der Waals surface area (Å²) in [5.74, 6) is 0. The first-order valence-electron chi connectivity index (χ1n) is 4.34. The molecular formula is C10H10ClNS. The summed E-state index contributed by atoms with van der Waals surface area (Å²) < 4.78 is 0. The summed E-state index contributed by atoms with van der Waals surface area (Å²) in [4.78, 5) is 0.829. The smallest absolute Gasteiger partial charge is 0.106 e. The lowest BCUT2D eigenvalue weighted by molar-refractivity contribution is 0.795. The standard InChI is InChI=1S/C10H10ClNS/c11-8-4-3-7-2-1-5-12-10(13)9(7)6-8/h3-4,6H,1-2,5H2,(H,12,13). The van der Waals surface area contributed by atoms with Crippen molar-refractivity contribution in [3.05, 3.63) is 34.3 Å². The molecule has 0 amide bonds. The van der Waals surface area contributed by atoms with Crippen LogP contribution in [-0.4, -0.2) is 11.5 Å². The Labute approximate surface area is 88.1 Å². The van der Waals surface area contributed by atoms with Gasteiger partial charge in [-0.3, -0.25) is 0 Å². The second-order valence-electron chi connectivity index (χ2n) is 3.16. The second kappa shape index (κ2) is 3.64. The third-order valence-corrected chi connectivity index (χ3v) is 2.82. The Kier molecular flexibility index (Phi) is 2.51. The van der Waals surface area contributed by atoms with E-state index in [4.69, 9.17) is 23.8 Å². The van der Waals surface area contributed by atoms with Gasteiger partial charge >= 0.3 is 0 Å². The predicted octanol–water partition coefficient (Wildman–Crippen LogP) is 2.55. The normalized spacial score (nSPS) is 15.9. The number of rotatable bonds is 0. The molecule has 1 aliphatic rings. The molecule has 1 aromatic rings. The molecule has 0 atom stereocenters. The highest BCUT2D eigenvalue weighted by atomic mass is 35.5. The first-order valence-corrected chi connectivity index (χ1v) is 5.12. The largest absolute Gasteiger partial charge is 0.376 e. The van der Waals surface area contributed by atoms with Crippen LogP contribution < -0.4 is 5.32 Å². The van der Waals surface area contributed by atoms with E-state index in [2.05, 4.69) is 11.4 Å². The molecule has 1 nitrogen and oxygen atoms in total. The van der Waals surface area contributed by atoms with Gasteiger partial charge in [-0.2, -0.15) is 0 Å². The summed E-state index contributed by atoms with van der Waals surface area (Å²) in [6.45, 7) is 0.963. The van der Waals surface area contributed by atoms with Gasteiger partial charge in [-0.1, -0.05) is 29.9 Å². The Morgan fingerprint density at radius 2 is 2.23 bits per heavy atom. The molecule has 68 valence electrons. The quantitative estimate of drug-likeness (QED) is 0.662. The van der Waals surface area contributed by atoms with Crippen LogP contribution in [0.1, 0.15) is 17.5 Å². The van der Waals surface area contributed by atoms with E-state index in [9.17, 15) is 0 Å². The summed E-state index contributed by atoms with van der Waals surface area (Å²) in [7, 11) is 0. The minimum atomic E-state index is 0.754. The fourth-order valence-electron chi connectivity index (χ4n) is 1.55. The van der Waals surface area contributed by atoms with E-state index in [1.807, 2.05) is 12.1 Å². The number of aryl methyl sites for hydroxylation is 1. The molecule has 0 fully saturated rings. The molecule has 0 aliphatic carbocycles. The zero-order valence-electron chi connectivity index (χ0n) is 7.14. The highest BCUT2D eigenvalue weighted by molar-refractivity contribution is 7.80. The number of fused-ring (bicyclic) bond motifs is 1. The van der Waals surface area contributed by atoms with Crippen LogP contribution in [0, 0.1) is 0 Å². The van der Waals surface area contributed by atoms with Crippen molar-refractivity contribution in [3.8, 4) is 0 Å². The summed E-state index contributed by atoms with van der Waals surface area (Å²) in [5, 5.41) is 3.96. The van der Waals surface area contributed by atoms with Crippen molar-refractivity contribution in [3.63, 3.8) is 0 Å². The number of hydrogen-bond donors (Lipinski definition) is 1. The molecule has 13 heavy (non-hydrogen) atoms. The maximum atomic E-state index is 5.91. The highest BCUT2D eigenvalue weighted by Gasteiger charge is 2.11. The van der Waals surface area contributed by atoms with Crippen LogP contribution in [0.25, 0.3) is 0 Å². The molecule has 0 bridgehead atoms. The molecule has 1 N–H and O–H groups in total. The molecule has 0 radical (unpaired) electrons. The van der Waals surface area contributed by atoms with E-state index >= 15 is 0 Å². The number of halogens is 1. The van der Waals surface area contributed by atoms with E-state index in [0.29, 0.717) is 0 Å². The molecular weight excluding hydrogens is 202 g/mol. The molecule has 0 aromatic heterocycles. The summed E-state index contributed by atoms with van der Waals surface area (Å²) >= 11 is 11.1. The fourth-order valence-corrected chi connectivity index (χ4v) is 2.02. The third kappa shape index (κ3) is 1.84. The molecule has 0 unspecified atom stereocenters. The van der Waals surface area contributed by atoms with E-state index in [-0.39, 0.29) is 0 Å². The van der Waals surface area contributed by atoms with Crippen LogP contribution in [0.3, 0.4) is 0 Å². The second-order valence-corrected chi connectivity index (χ2v) is 4.01. The van der Waals surface area contributed by atoms with Gasteiger partial charge in [0, 0.05) is 17.1 Å². The third-order valence-electron chi connectivity index (χ3n) is 2.22. The molecule has 3 heteroatoms. The zero-order chi connectivity index (χ0) is 9.26. The molecule has 0 saturated heterocycles. The maximum Gasteiger partial charge on any atom is 0.106 e. The Hall–Kier alpha value is -0.600. The molecule has 0 saturated carbocycles. The highest BCUT2D eigenvalue weighted by Crippen LogP contribution is 2.19. The zero-order valence-corrected chi connectivity index (χ0v) is 8.71. The molecule has 2 rings (SSSR count). The first-order chi connectivity index (χ1) is 6.27. The minimum Gasteiger partial charge on any atom is -0.376 e. The van der Waals surface area contributed by atoms with Gasteiger partial charge < -0.3 is 5.32 Å².